The average Bonchev–Trinajstić information content (AvgIpc) is 2.19. The summed E-state index contributed by atoms with van der Waals surface area (Å²) in [5.41, 5.74) is 8.34. The number of rotatable bonds is 4. The van der Waals surface area contributed by atoms with Gasteiger partial charge >= 0.3 is 0 Å². The van der Waals surface area contributed by atoms with E-state index < -0.39 is 0 Å². The lowest BCUT2D eigenvalue weighted by atomic mass is 10.0. The van der Waals surface area contributed by atoms with Gasteiger partial charge in [0.05, 0.1) is 7.11 Å². The molecule has 0 aliphatic rings. The molecular formula is C12H20ClNO. The molecule has 0 saturated carbocycles. The minimum atomic E-state index is 0. The van der Waals surface area contributed by atoms with Crippen molar-refractivity contribution < 1.29 is 4.74 Å². The summed E-state index contributed by atoms with van der Waals surface area (Å²) in [5, 5.41) is 0. The van der Waals surface area contributed by atoms with Gasteiger partial charge in [-0.1, -0.05) is 25.5 Å². The van der Waals surface area contributed by atoms with Crippen LogP contribution >= 0.6 is 12.4 Å². The summed E-state index contributed by atoms with van der Waals surface area (Å²) in [6, 6.07) is 6.31. The van der Waals surface area contributed by atoms with Crippen LogP contribution in [0.4, 0.5) is 0 Å². The van der Waals surface area contributed by atoms with Gasteiger partial charge in [-0.2, -0.15) is 0 Å². The topological polar surface area (TPSA) is 35.2 Å². The summed E-state index contributed by atoms with van der Waals surface area (Å²) < 4.78 is 5.26. The molecule has 0 aromatic heterocycles. The zero-order valence-electron chi connectivity index (χ0n) is 9.62. The van der Waals surface area contributed by atoms with Gasteiger partial charge in [-0.25, -0.2) is 0 Å². The molecule has 1 atom stereocenters. The Morgan fingerprint density at radius 3 is 2.60 bits per heavy atom. The van der Waals surface area contributed by atoms with E-state index in [1.807, 2.05) is 13.0 Å². The summed E-state index contributed by atoms with van der Waals surface area (Å²) >= 11 is 0. The van der Waals surface area contributed by atoms with Gasteiger partial charge in [0.2, 0.25) is 0 Å². The second-order valence-electron chi connectivity index (χ2n) is 3.62. The Bertz CT molecular complexity index is 302. The quantitative estimate of drug-likeness (QED) is 0.861. The molecular weight excluding hydrogens is 210 g/mol. The fourth-order valence-corrected chi connectivity index (χ4v) is 1.54. The van der Waals surface area contributed by atoms with E-state index in [0.29, 0.717) is 0 Å². The summed E-state index contributed by atoms with van der Waals surface area (Å²) in [7, 11) is 1.69. The third kappa shape index (κ3) is 3.73. The second-order valence-corrected chi connectivity index (χ2v) is 3.62. The molecule has 0 heterocycles. The highest BCUT2D eigenvalue weighted by Crippen LogP contribution is 2.24. The van der Waals surface area contributed by atoms with Gasteiger partial charge in [-0.15, -0.1) is 12.4 Å². The van der Waals surface area contributed by atoms with E-state index in [1.165, 1.54) is 0 Å². The molecule has 15 heavy (non-hydrogen) atoms. The summed E-state index contributed by atoms with van der Waals surface area (Å²) in [5.74, 6) is 0.925. The first-order chi connectivity index (χ1) is 6.69. The van der Waals surface area contributed by atoms with Crippen LogP contribution in [0, 0.1) is 6.92 Å². The number of nitrogens with two attached hydrogens (primary N) is 1. The molecule has 0 unspecified atom stereocenters. The molecule has 0 saturated heterocycles. The normalized spacial score (nSPS) is 11.7. The number of methoxy groups -OCH3 is 1. The molecule has 1 aromatic rings. The Morgan fingerprint density at radius 2 is 2.07 bits per heavy atom. The van der Waals surface area contributed by atoms with Crippen LogP contribution < -0.4 is 10.5 Å². The molecule has 1 rings (SSSR count). The number of aryl methyl sites for hydroxylation is 1. The maximum absolute atomic E-state index is 6.02. The summed E-state index contributed by atoms with van der Waals surface area (Å²) in [6.45, 7) is 4.18. The highest BCUT2D eigenvalue weighted by atomic mass is 35.5. The maximum atomic E-state index is 6.02. The molecule has 0 radical (unpaired) electrons. The van der Waals surface area contributed by atoms with E-state index in [9.17, 15) is 0 Å². The van der Waals surface area contributed by atoms with Gasteiger partial charge in [0, 0.05) is 6.04 Å². The van der Waals surface area contributed by atoms with Gasteiger partial charge in [0.15, 0.2) is 0 Å². The summed E-state index contributed by atoms with van der Waals surface area (Å²) in [4.78, 5) is 0. The smallest absolute Gasteiger partial charge is 0.122 e. The Kier molecular flexibility index (Phi) is 6.37. The molecule has 0 aliphatic heterocycles. The molecule has 0 bridgehead atoms. The number of benzene rings is 1. The Labute approximate surface area is 98.2 Å². The van der Waals surface area contributed by atoms with Gasteiger partial charge in [-0.05, 0) is 30.5 Å². The minimum Gasteiger partial charge on any atom is -0.496 e. The van der Waals surface area contributed by atoms with Crippen LogP contribution in [0.2, 0.25) is 0 Å². The van der Waals surface area contributed by atoms with Gasteiger partial charge < -0.3 is 10.5 Å². The lowest BCUT2D eigenvalue weighted by molar-refractivity contribution is 0.410. The van der Waals surface area contributed by atoms with Crippen LogP contribution in [0.5, 0.6) is 5.75 Å². The lowest BCUT2D eigenvalue weighted by Gasteiger charge is -2.13. The van der Waals surface area contributed by atoms with Crippen LogP contribution in [0.3, 0.4) is 0 Å². The highest BCUT2D eigenvalue weighted by molar-refractivity contribution is 5.85. The van der Waals surface area contributed by atoms with Crippen molar-refractivity contribution in [3.8, 4) is 5.75 Å². The van der Waals surface area contributed by atoms with Gasteiger partial charge in [-0.3, -0.25) is 0 Å². The second kappa shape index (κ2) is 6.70. The van der Waals surface area contributed by atoms with E-state index in [1.54, 1.807) is 7.11 Å². The summed E-state index contributed by atoms with van der Waals surface area (Å²) in [6.07, 6.45) is 2.13. The predicted molar refractivity (Wildman–Crippen MR) is 66.8 cm³/mol. The van der Waals surface area contributed by atoms with Crippen molar-refractivity contribution >= 4 is 12.4 Å². The molecule has 3 heteroatoms. The fourth-order valence-electron chi connectivity index (χ4n) is 1.54. The lowest BCUT2D eigenvalue weighted by Crippen LogP contribution is -2.09. The third-order valence-electron chi connectivity index (χ3n) is 2.46. The predicted octanol–water partition coefficient (Wildman–Crippen LogP) is 3.23. The van der Waals surface area contributed by atoms with Crippen molar-refractivity contribution in [1.29, 1.82) is 0 Å². The zero-order valence-corrected chi connectivity index (χ0v) is 10.4. The minimum absolute atomic E-state index is 0. The van der Waals surface area contributed by atoms with Crippen LogP contribution in [0.25, 0.3) is 0 Å². The number of hydrogen-bond acceptors (Lipinski definition) is 2. The highest BCUT2D eigenvalue weighted by Gasteiger charge is 2.07. The zero-order chi connectivity index (χ0) is 10.6. The van der Waals surface area contributed by atoms with Gasteiger partial charge in [0.1, 0.15) is 5.75 Å². The van der Waals surface area contributed by atoms with Crippen LogP contribution in [-0.2, 0) is 0 Å². The van der Waals surface area contributed by atoms with E-state index in [-0.39, 0.29) is 18.4 Å². The number of halogens is 1. The van der Waals surface area contributed by atoms with Crippen molar-refractivity contribution in [3.63, 3.8) is 0 Å². The molecule has 86 valence electrons. The van der Waals surface area contributed by atoms with Crippen LogP contribution in [-0.4, -0.2) is 7.11 Å². The first-order valence-electron chi connectivity index (χ1n) is 5.09. The first kappa shape index (κ1) is 14.3. The molecule has 0 amide bonds. The maximum Gasteiger partial charge on any atom is 0.122 e. The Hall–Kier alpha value is -0.730. The number of hydrogen-bond donors (Lipinski definition) is 1. The van der Waals surface area contributed by atoms with Crippen LogP contribution in [0.1, 0.15) is 36.9 Å². The third-order valence-corrected chi connectivity index (χ3v) is 2.46. The molecule has 2 nitrogen and oxygen atoms in total. The molecule has 1 aromatic carbocycles. The largest absolute Gasteiger partial charge is 0.496 e. The van der Waals surface area contributed by atoms with E-state index in [2.05, 4.69) is 19.1 Å². The van der Waals surface area contributed by atoms with Crippen molar-refractivity contribution in [2.24, 2.45) is 5.73 Å². The standard InChI is InChI=1S/C12H19NO.ClH/c1-4-5-11(13)10-7-6-9(2)12(8-10)14-3;/h6-8,11H,4-5,13H2,1-3H3;1H/t11-;/m0./s1. The molecule has 0 aliphatic carbocycles. The SMILES string of the molecule is CCC[C@H](N)c1ccc(C)c(OC)c1.Cl. The van der Waals surface area contributed by atoms with Crippen molar-refractivity contribution in [3.05, 3.63) is 29.3 Å². The molecule has 0 fully saturated rings. The van der Waals surface area contributed by atoms with Crippen molar-refractivity contribution in [2.45, 2.75) is 32.7 Å². The average molecular weight is 230 g/mol. The van der Waals surface area contributed by atoms with Gasteiger partial charge in [0.25, 0.3) is 0 Å². The Morgan fingerprint density at radius 1 is 1.40 bits per heavy atom. The van der Waals surface area contributed by atoms with E-state index in [4.69, 9.17) is 10.5 Å². The van der Waals surface area contributed by atoms with Crippen molar-refractivity contribution in [2.75, 3.05) is 7.11 Å². The van der Waals surface area contributed by atoms with E-state index >= 15 is 0 Å². The van der Waals surface area contributed by atoms with E-state index in [0.717, 1.165) is 29.7 Å². The van der Waals surface area contributed by atoms with Crippen LogP contribution in [0.15, 0.2) is 18.2 Å². The fraction of sp³-hybridized carbons (Fsp3) is 0.500. The van der Waals surface area contributed by atoms with Crippen molar-refractivity contribution in [1.82, 2.24) is 0 Å². The first-order valence-corrected chi connectivity index (χ1v) is 5.09. The number of ether oxygens (including phenoxy) is 1. The monoisotopic (exact) mass is 229 g/mol. The molecule has 0 spiro atoms. The Balaban J connectivity index is 0.00000196. The molecule has 2 N–H and O–H groups in total.